The number of phenols is 1. The van der Waals surface area contributed by atoms with Crippen molar-refractivity contribution in [3.63, 3.8) is 0 Å². The molecule has 0 radical (unpaired) electrons. The first kappa shape index (κ1) is 33.8. The van der Waals surface area contributed by atoms with Gasteiger partial charge < -0.3 is 26.0 Å². The van der Waals surface area contributed by atoms with Gasteiger partial charge in [0.15, 0.2) is 0 Å². The van der Waals surface area contributed by atoms with Crippen molar-refractivity contribution in [3.8, 4) is 5.75 Å². The molecule has 4 rings (SSSR count). The van der Waals surface area contributed by atoms with Gasteiger partial charge in [0, 0.05) is 17.9 Å². The van der Waals surface area contributed by atoms with E-state index in [0.29, 0.717) is 12.2 Å². The number of hydrogen-bond acceptors (Lipinski definition) is 10. The van der Waals surface area contributed by atoms with Crippen LogP contribution in [-0.2, 0) is 20.1 Å². The second kappa shape index (κ2) is 14.2. The molecule has 0 saturated carbocycles. The summed E-state index contributed by atoms with van der Waals surface area (Å²) in [4.78, 5) is 11.1. The van der Waals surface area contributed by atoms with E-state index < -0.39 is 30.8 Å². The molecule has 220 valence electrons. The van der Waals surface area contributed by atoms with Gasteiger partial charge in [0.25, 0.3) is 10.0 Å². The smallest absolute Gasteiger partial charge is 0.744 e. The van der Waals surface area contributed by atoms with Gasteiger partial charge in [0.05, 0.1) is 16.0 Å². The van der Waals surface area contributed by atoms with Crippen LogP contribution in [0.1, 0.15) is 19.8 Å². The van der Waals surface area contributed by atoms with Gasteiger partial charge in [0.1, 0.15) is 32.1 Å². The van der Waals surface area contributed by atoms with Crippen molar-refractivity contribution in [3.05, 3.63) is 72.8 Å². The van der Waals surface area contributed by atoms with Gasteiger partial charge in [-0.05, 0) is 66.4 Å². The molecule has 0 aliphatic heterocycles. The second-order valence-electron chi connectivity index (χ2n) is 9.08. The number of sulfonamides is 1. The molecule has 16 heteroatoms. The van der Waals surface area contributed by atoms with Crippen LogP contribution in [-0.4, -0.2) is 39.1 Å². The largest absolute Gasteiger partial charge is 1.00 e. The Morgan fingerprint density at radius 3 is 2.30 bits per heavy atom. The summed E-state index contributed by atoms with van der Waals surface area (Å²) < 4.78 is 63.3. The van der Waals surface area contributed by atoms with Crippen LogP contribution in [0.5, 0.6) is 5.75 Å². The normalized spacial score (nSPS) is 11.7. The number of carbonyl (C=O) groups excluding carboxylic acids is 1. The van der Waals surface area contributed by atoms with E-state index in [1.54, 1.807) is 18.2 Å². The molecule has 4 aromatic rings. The summed E-state index contributed by atoms with van der Waals surface area (Å²) in [5.41, 5.74) is 6.69. The molecule has 0 atom stereocenters. The van der Waals surface area contributed by atoms with Gasteiger partial charge >= 0.3 is 35.6 Å². The van der Waals surface area contributed by atoms with Crippen molar-refractivity contribution in [2.75, 3.05) is 22.3 Å². The molecule has 6 N–H and O–H groups in total. The number of nitrogens with zero attached hydrogens (tertiary/aromatic N) is 2. The minimum atomic E-state index is -4.85. The Kier molecular flexibility index (Phi) is 11.1. The summed E-state index contributed by atoms with van der Waals surface area (Å²) in [6.07, 6.45) is 1.79. The first-order valence-electron chi connectivity index (χ1n) is 12.6. The number of azo groups is 1. The van der Waals surface area contributed by atoms with Gasteiger partial charge in [-0.25, -0.2) is 21.6 Å². The standard InChI is InChI=1S/C27H28N6O7S2.Na/c1-2-3-14-29-27(35)30-18-9-11-19(12-10-18)33-41(36,37)24-7-5-4-6-22(24)31-32-26-21(28)13-8-17-15-20(42(38,39)40)16-23(34)25(17)26;/h4-13,15-16,33-34H,2-3,14,28H2,1H3,(H2,29,30,35)(H,38,39,40);/q;+1/p-1. The fourth-order valence-electron chi connectivity index (χ4n) is 3.92. The number of unbranched alkanes of at least 4 members (excludes halogenated alkanes) is 1. The maximum atomic E-state index is 13.3. The van der Waals surface area contributed by atoms with Crippen LogP contribution in [0.4, 0.5) is 33.2 Å². The Morgan fingerprint density at radius 1 is 0.953 bits per heavy atom. The van der Waals surface area contributed by atoms with Gasteiger partial charge in [-0.3, -0.25) is 4.72 Å². The third-order valence-corrected chi connectivity index (χ3v) is 8.23. The predicted molar refractivity (Wildman–Crippen MR) is 158 cm³/mol. The zero-order valence-corrected chi connectivity index (χ0v) is 26.9. The van der Waals surface area contributed by atoms with E-state index in [1.165, 1.54) is 42.5 Å². The number of nitrogens with two attached hydrogens (primary N) is 1. The van der Waals surface area contributed by atoms with Crippen molar-refractivity contribution in [2.24, 2.45) is 10.2 Å². The summed E-state index contributed by atoms with van der Waals surface area (Å²) in [5.74, 6) is -0.567. The molecule has 0 spiro atoms. The molecule has 0 aromatic heterocycles. The Morgan fingerprint density at radius 2 is 1.63 bits per heavy atom. The number of urea groups is 1. The molecule has 0 aliphatic carbocycles. The van der Waals surface area contributed by atoms with Crippen LogP contribution in [0.3, 0.4) is 0 Å². The Bertz CT molecular complexity index is 1880. The van der Waals surface area contributed by atoms with E-state index in [1.807, 2.05) is 6.92 Å². The quantitative estimate of drug-likeness (QED) is 0.0571. The number of anilines is 3. The number of fused-ring (bicyclic) bond motifs is 1. The average Bonchev–Trinajstić information content (AvgIpc) is 2.93. The van der Waals surface area contributed by atoms with E-state index in [2.05, 4.69) is 25.6 Å². The number of rotatable bonds is 10. The summed E-state index contributed by atoms with van der Waals surface area (Å²) >= 11 is 0. The molecular weight excluding hydrogens is 607 g/mol. The zero-order valence-electron chi connectivity index (χ0n) is 23.2. The molecule has 0 aliphatic rings. The summed E-state index contributed by atoms with van der Waals surface area (Å²) in [6, 6.07) is 16.1. The first-order valence-corrected chi connectivity index (χ1v) is 15.5. The molecule has 4 aromatic carbocycles. The van der Waals surface area contributed by atoms with Gasteiger partial charge in [0.2, 0.25) is 0 Å². The molecule has 0 unspecified atom stereocenters. The number of benzene rings is 4. The van der Waals surface area contributed by atoms with Gasteiger partial charge in [-0.2, -0.15) is 0 Å². The van der Waals surface area contributed by atoms with Crippen molar-refractivity contribution in [1.29, 1.82) is 0 Å². The number of nitrogens with one attached hydrogen (secondary N) is 3. The van der Waals surface area contributed by atoms with E-state index >= 15 is 0 Å². The molecule has 0 heterocycles. The molecular formula is C27H27N6NaO7S2. The minimum Gasteiger partial charge on any atom is -0.744 e. The maximum Gasteiger partial charge on any atom is 1.00 e. The SMILES string of the molecule is CCCCNC(=O)Nc1ccc(NS(=O)(=O)c2ccccc2N=Nc2c(N)ccc3cc(S(=O)(=O)[O-])cc(O)c23)cc1.[Na+]. The molecule has 0 fully saturated rings. The molecule has 0 bridgehead atoms. The van der Waals surface area contributed by atoms with Crippen molar-refractivity contribution < 1.29 is 60.8 Å². The third-order valence-electron chi connectivity index (χ3n) is 5.99. The number of nitrogen functional groups attached to an aromatic ring is 1. The van der Waals surface area contributed by atoms with Crippen LogP contribution in [0.15, 0.2) is 92.8 Å². The monoisotopic (exact) mass is 634 g/mol. The maximum absolute atomic E-state index is 13.3. The van der Waals surface area contributed by atoms with Crippen LogP contribution in [0.25, 0.3) is 10.8 Å². The third kappa shape index (κ3) is 8.43. The predicted octanol–water partition coefficient (Wildman–Crippen LogP) is 2.17. The number of amides is 2. The molecule has 43 heavy (non-hydrogen) atoms. The second-order valence-corrected chi connectivity index (χ2v) is 12.1. The number of carbonyl (C=O) groups is 1. The van der Waals surface area contributed by atoms with Gasteiger partial charge in [-0.1, -0.05) is 31.5 Å². The van der Waals surface area contributed by atoms with Gasteiger partial charge in [-0.15, -0.1) is 10.2 Å². The average molecular weight is 635 g/mol. The summed E-state index contributed by atoms with van der Waals surface area (Å²) in [7, 11) is -9.01. The minimum absolute atomic E-state index is 0. The van der Waals surface area contributed by atoms with E-state index in [0.717, 1.165) is 25.0 Å². The van der Waals surface area contributed by atoms with Crippen LogP contribution in [0.2, 0.25) is 0 Å². The molecule has 2 amide bonds. The Balaban J connectivity index is 0.00000506. The van der Waals surface area contributed by atoms with Crippen LogP contribution < -0.4 is 50.6 Å². The first-order chi connectivity index (χ1) is 19.9. The summed E-state index contributed by atoms with van der Waals surface area (Å²) in [6.45, 7) is 2.55. The zero-order chi connectivity index (χ0) is 30.5. The fourth-order valence-corrected chi connectivity index (χ4v) is 5.65. The molecule has 13 nitrogen and oxygen atoms in total. The van der Waals surface area contributed by atoms with Crippen LogP contribution >= 0.6 is 0 Å². The Hall–Kier alpha value is -3.73. The molecule has 0 saturated heterocycles. The van der Waals surface area contributed by atoms with E-state index in [-0.39, 0.29) is 74.0 Å². The van der Waals surface area contributed by atoms with Crippen LogP contribution in [0, 0.1) is 0 Å². The Labute approximate surface area is 270 Å². The number of aromatic hydroxyl groups is 1. The summed E-state index contributed by atoms with van der Waals surface area (Å²) in [5, 5.41) is 24.2. The van der Waals surface area contributed by atoms with Crippen molar-refractivity contribution in [1.82, 2.24) is 5.32 Å². The van der Waals surface area contributed by atoms with E-state index in [4.69, 9.17) is 5.73 Å². The van der Waals surface area contributed by atoms with E-state index in [9.17, 15) is 31.3 Å². The number of phenolic OH excluding ortho intramolecular Hbond substituents is 1. The topological polar surface area (TPSA) is 215 Å². The fraction of sp³-hybridized carbons (Fsp3) is 0.148. The van der Waals surface area contributed by atoms with Crippen molar-refractivity contribution >= 4 is 65.4 Å². The number of hydrogen-bond donors (Lipinski definition) is 5. The van der Waals surface area contributed by atoms with Crippen molar-refractivity contribution in [2.45, 2.75) is 29.6 Å².